The van der Waals surface area contributed by atoms with Gasteiger partial charge in [0, 0.05) is 35.5 Å². The highest BCUT2D eigenvalue weighted by molar-refractivity contribution is 6.33. The fourth-order valence-electron chi connectivity index (χ4n) is 4.96. The van der Waals surface area contributed by atoms with Crippen LogP contribution in [0.25, 0.3) is 28.2 Å². The summed E-state index contributed by atoms with van der Waals surface area (Å²) >= 11 is 12.7. The van der Waals surface area contributed by atoms with E-state index in [0.29, 0.717) is 44.7 Å². The number of imidazole rings is 1. The van der Waals surface area contributed by atoms with Crippen LogP contribution in [0.4, 0.5) is 0 Å². The molecule has 0 aliphatic heterocycles. The molecule has 2 heterocycles. The summed E-state index contributed by atoms with van der Waals surface area (Å²) in [5.41, 5.74) is 1.19. The summed E-state index contributed by atoms with van der Waals surface area (Å²) in [5.74, 6) is 0.480. The number of aliphatic hydroxyl groups excluding tert-OH is 1. The molecule has 2 aromatic carbocycles. The molecule has 2 aromatic heterocycles. The van der Waals surface area contributed by atoms with Crippen molar-refractivity contribution in [1.29, 1.82) is 0 Å². The Labute approximate surface area is 212 Å². The third-order valence-electron chi connectivity index (χ3n) is 6.65. The second kappa shape index (κ2) is 10.0. The van der Waals surface area contributed by atoms with Gasteiger partial charge in [0.15, 0.2) is 11.2 Å². The fourth-order valence-corrected chi connectivity index (χ4v) is 5.31. The Hall–Kier alpha value is -2.87. The molecule has 1 aliphatic rings. The second-order valence-electron chi connectivity index (χ2n) is 8.88. The molecule has 5 rings (SSSR count). The second-order valence-corrected chi connectivity index (χ2v) is 9.72. The van der Waals surface area contributed by atoms with E-state index in [1.807, 2.05) is 30.3 Å². The SMILES string of the molecule is O=c1c2c(nc(-c3ccccc3Cl)n2-c2ccc(Cl)cc2)n(C2CCCCC2)c(=O)n1CCCO. The predicted octanol–water partition coefficient (Wildman–Crippen LogP) is 5.21. The lowest BCUT2D eigenvalue weighted by Gasteiger charge is -2.25. The van der Waals surface area contributed by atoms with E-state index in [9.17, 15) is 14.7 Å². The molecule has 1 aliphatic carbocycles. The summed E-state index contributed by atoms with van der Waals surface area (Å²) in [5, 5.41) is 10.5. The van der Waals surface area contributed by atoms with Gasteiger partial charge < -0.3 is 5.11 Å². The number of aromatic nitrogens is 4. The van der Waals surface area contributed by atoms with E-state index in [4.69, 9.17) is 28.2 Å². The minimum atomic E-state index is -0.439. The molecule has 0 amide bonds. The average Bonchev–Trinajstić information content (AvgIpc) is 3.25. The number of benzene rings is 2. The van der Waals surface area contributed by atoms with Crippen molar-refractivity contribution in [1.82, 2.24) is 18.7 Å². The Morgan fingerprint density at radius 2 is 1.69 bits per heavy atom. The maximum atomic E-state index is 13.8. The number of hydrogen-bond donors (Lipinski definition) is 1. The maximum absolute atomic E-state index is 13.8. The van der Waals surface area contributed by atoms with Gasteiger partial charge >= 0.3 is 5.69 Å². The molecule has 0 bridgehead atoms. The Morgan fingerprint density at radius 1 is 0.971 bits per heavy atom. The van der Waals surface area contributed by atoms with Crippen LogP contribution in [0.15, 0.2) is 58.1 Å². The predicted molar refractivity (Wildman–Crippen MR) is 139 cm³/mol. The molecule has 0 spiro atoms. The lowest BCUT2D eigenvalue weighted by atomic mass is 9.95. The minimum Gasteiger partial charge on any atom is -0.396 e. The molecule has 0 atom stereocenters. The first-order chi connectivity index (χ1) is 17.0. The smallest absolute Gasteiger partial charge is 0.333 e. The Bertz CT molecular complexity index is 1480. The van der Waals surface area contributed by atoms with Crippen LogP contribution >= 0.6 is 23.2 Å². The molecule has 1 saturated carbocycles. The van der Waals surface area contributed by atoms with Gasteiger partial charge in [-0.25, -0.2) is 9.78 Å². The number of hydrogen-bond acceptors (Lipinski definition) is 4. The van der Waals surface area contributed by atoms with Crippen molar-refractivity contribution >= 4 is 34.4 Å². The van der Waals surface area contributed by atoms with Crippen molar-refractivity contribution in [2.75, 3.05) is 6.61 Å². The molecule has 0 radical (unpaired) electrons. The molecule has 4 aromatic rings. The summed E-state index contributed by atoms with van der Waals surface area (Å²) in [6.07, 6.45) is 5.17. The maximum Gasteiger partial charge on any atom is 0.333 e. The third-order valence-corrected chi connectivity index (χ3v) is 7.23. The zero-order valence-electron chi connectivity index (χ0n) is 19.2. The van der Waals surface area contributed by atoms with E-state index in [2.05, 4.69) is 0 Å². The zero-order chi connectivity index (χ0) is 24.5. The van der Waals surface area contributed by atoms with Gasteiger partial charge in [0.2, 0.25) is 0 Å². The van der Waals surface area contributed by atoms with E-state index in [1.54, 1.807) is 27.3 Å². The van der Waals surface area contributed by atoms with Gasteiger partial charge in [-0.3, -0.25) is 18.5 Å². The van der Waals surface area contributed by atoms with Crippen molar-refractivity contribution in [2.24, 2.45) is 0 Å². The first-order valence-corrected chi connectivity index (χ1v) is 12.7. The van der Waals surface area contributed by atoms with Crippen molar-refractivity contribution in [3.63, 3.8) is 0 Å². The van der Waals surface area contributed by atoms with Gasteiger partial charge in [0.25, 0.3) is 5.56 Å². The van der Waals surface area contributed by atoms with Gasteiger partial charge in [0.05, 0.1) is 5.02 Å². The van der Waals surface area contributed by atoms with E-state index >= 15 is 0 Å². The number of nitrogens with zero attached hydrogens (tertiary/aromatic N) is 4. The number of aliphatic hydroxyl groups is 1. The lowest BCUT2D eigenvalue weighted by molar-refractivity contribution is 0.275. The van der Waals surface area contributed by atoms with Crippen molar-refractivity contribution in [3.8, 4) is 17.1 Å². The van der Waals surface area contributed by atoms with Crippen LogP contribution in [-0.2, 0) is 6.54 Å². The number of halogens is 2. The molecule has 7 nitrogen and oxygen atoms in total. The molecule has 35 heavy (non-hydrogen) atoms. The molecule has 0 saturated heterocycles. The van der Waals surface area contributed by atoms with Crippen molar-refractivity contribution in [3.05, 3.63) is 79.4 Å². The summed E-state index contributed by atoms with van der Waals surface area (Å²) in [7, 11) is 0. The highest BCUT2D eigenvalue weighted by Gasteiger charge is 2.28. The Kier molecular flexibility index (Phi) is 6.82. The Balaban J connectivity index is 1.92. The molecule has 1 fully saturated rings. The van der Waals surface area contributed by atoms with Crippen LogP contribution in [0.5, 0.6) is 0 Å². The summed E-state index contributed by atoms with van der Waals surface area (Å²) < 4.78 is 4.70. The van der Waals surface area contributed by atoms with Gasteiger partial charge in [-0.05, 0) is 55.7 Å². The van der Waals surface area contributed by atoms with Gasteiger partial charge in [-0.2, -0.15) is 0 Å². The van der Waals surface area contributed by atoms with Gasteiger partial charge in [-0.1, -0.05) is 54.6 Å². The van der Waals surface area contributed by atoms with E-state index in [1.165, 1.54) is 4.57 Å². The third kappa shape index (κ3) is 4.33. The number of rotatable bonds is 6. The van der Waals surface area contributed by atoms with Crippen LogP contribution in [0.1, 0.15) is 44.6 Å². The zero-order valence-corrected chi connectivity index (χ0v) is 20.7. The van der Waals surface area contributed by atoms with Gasteiger partial charge in [-0.15, -0.1) is 0 Å². The fraction of sp³-hybridized carbons (Fsp3) is 0.346. The van der Waals surface area contributed by atoms with Crippen LogP contribution in [0.3, 0.4) is 0 Å². The van der Waals surface area contributed by atoms with E-state index in [-0.39, 0.29) is 24.9 Å². The van der Waals surface area contributed by atoms with Crippen molar-refractivity contribution < 1.29 is 5.11 Å². The van der Waals surface area contributed by atoms with Crippen LogP contribution in [-0.4, -0.2) is 30.4 Å². The largest absolute Gasteiger partial charge is 0.396 e. The van der Waals surface area contributed by atoms with Crippen LogP contribution in [0.2, 0.25) is 10.0 Å². The van der Waals surface area contributed by atoms with E-state index in [0.717, 1.165) is 32.1 Å². The first-order valence-electron chi connectivity index (χ1n) is 11.9. The molecular formula is C26H26Cl2N4O3. The average molecular weight is 513 g/mol. The summed E-state index contributed by atoms with van der Waals surface area (Å²) in [6.45, 7) is 0.0126. The molecular weight excluding hydrogens is 487 g/mol. The molecule has 1 N–H and O–H groups in total. The van der Waals surface area contributed by atoms with Crippen molar-refractivity contribution in [2.45, 2.75) is 51.1 Å². The topological polar surface area (TPSA) is 82.0 Å². The van der Waals surface area contributed by atoms with Gasteiger partial charge in [0.1, 0.15) is 5.82 Å². The lowest BCUT2D eigenvalue weighted by Crippen LogP contribution is -2.42. The standard InChI is InChI=1S/C26H26Cl2N4O3/c27-17-11-13-19(14-12-17)31-22-24(29-23(31)20-9-4-5-10-21(20)28)32(18-7-2-1-3-8-18)26(35)30(25(22)34)15-6-16-33/h4-5,9-14,18,33H,1-3,6-8,15-16H2. The highest BCUT2D eigenvalue weighted by Crippen LogP contribution is 2.34. The monoisotopic (exact) mass is 512 g/mol. The molecule has 9 heteroatoms. The summed E-state index contributed by atoms with van der Waals surface area (Å²) in [4.78, 5) is 32.4. The number of fused-ring (bicyclic) bond motifs is 1. The quantitative estimate of drug-likeness (QED) is 0.384. The molecule has 0 unspecified atom stereocenters. The van der Waals surface area contributed by atoms with Crippen LogP contribution in [0, 0.1) is 0 Å². The molecule has 182 valence electrons. The normalized spacial score (nSPS) is 14.6. The minimum absolute atomic E-state index is 0.0487. The van der Waals surface area contributed by atoms with E-state index < -0.39 is 5.56 Å². The summed E-state index contributed by atoms with van der Waals surface area (Å²) in [6, 6.07) is 14.4. The van der Waals surface area contributed by atoms with Crippen LogP contribution < -0.4 is 11.2 Å². The highest BCUT2D eigenvalue weighted by atomic mass is 35.5. The Morgan fingerprint density at radius 3 is 2.37 bits per heavy atom. The first kappa shape index (κ1) is 23.9.